The fourth-order valence-corrected chi connectivity index (χ4v) is 6.75. The number of rotatable bonds is 3. The van der Waals surface area contributed by atoms with Gasteiger partial charge in [0.25, 0.3) is 5.91 Å². The van der Waals surface area contributed by atoms with Gasteiger partial charge in [0, 0.05) is 24.7 Å². The van der Waals surface area contributed by atoms with Gasteiger partial charge in [0.15, 0.2) is 4.80 Å². The Labute approximate surface area is 152 Å². The molecule has 25 heavy (non-hydrogen) atoms. The highest BCUT2D eigenvalue weighted by Gasteiger charge is 2.54. The third-order valence-electron chi connectivity index (χ3n) is 6.81. The lowest BCUT2D eigenvalue weighted by molar-refractivity contribution is -0.142. The van der Waals surface area contributed by atoms with Crippen LogP contribution in [0.4, 0.5) is 0 Å². The number of aromatic nitrogens is 1. The zero-order chi connectivity index (χ0) is 16.9. The minimum Gasteiger partial charge on any atom is -0.379 e. The van der Waals surface area contributed by atoms with Crippen LogP contribution in [0, 0.1) is 23.2 Å². The molecule has 0 radical (unpaired) electrons. The van der Waals surface area contributed by atoms with Crippen molar-refractivity contribution >= 4 is 17.2 Å². The molecule has 5 aliphatic rings. The van der Waals surface area contributed by atoms with Crippen molar-refractivity contribution in [2.45, 2.75) is 45.2 Å². The number of thiazole rings is 1. The Kier molecular flexibility index (Phi) is 4.10. The summed E-state index contributed by atoms with van der Waals surface area (Å²) in [5, 5.41) is 2.05. The van der Waals surface area contributed by atoms with Crippen LogP contribution in [-0.2, 0) is 16.2 Å². The molecule has 6 rings (SSSR count). The molecule has 2 heterocycles. The average Bonchev–Trinajstić information content (AvgIpc) is 3.01. The van der Waals surface area contributed by atoms with Crippen LogP contribution in [-0.4, -0.2) is 41.7 Å². The number of ether oxygens (including phenoxy) is 1. The number of nitrogens with zero attached hydrogens (tertiary/aromatic N) is 3. The third kappa shape index (κ3) is 3.02. The highest BCUT2D eigenvalue weighted by atomic mass is 32.1. The zero-order valence-corrected chi connectivity index (χ0v) is 15.5. The quantitative estimate of drug-likeness (QED) is 0.831. The van der Waals surface area contributed by atoms with Crippen molar-refractivity contribution in [2.24, 2.45) is 28.2 Å². The highest BCUT2D eigenvalue weighted by molar-refractivity contribution is 7.07. The van der Waals surface area contributed by atoms with E-state index < -0.39 is 0 Å². The molecule has 1 aliphatic heterocycles. The molecule has 0 unspecified atom stereocenters. The second-order valence-electron chi connectivity index (χ2n) is 8.64. The summed E-state index contributed by atoms with van der Waals surface area (Å²) in [5.74, 6) is 2.53. The predicted octanol–water partition coefficient (Wildman–Crippen LogP) is 2.48. The first-order valence-electron chi connectivity index (χ1n) is 9.73. The molecule has 1 aromatic rings. The molecule has 1 aromatic heterocycles. The van der Waals surface area contributed by atoms with Crippen LogP contribution in [0.25, 0.3) is 0 Å². The number of amides is 1. The standard InChI is InChI=1S/C19H27N3O2S/c23-17(19-10-14-7-15(11-19)9-16(8-14)12-19)20-18-22(3-6-25-18)13-21-1-4-24-5-2-21/h3,6,14-16H,1-2,4-5,7-13H2. The molecule has 136 valence electrons. The smallest absolute Gasteiger partial charge is 0.254 e. The number of carbonyl (C=O) groups is 1. The lowest BCUT2D eigenvalue weighted by Gasteiger charge is -2.55. The van der Waals surface area contributed by atoms with Crippen molar-refractivity contribution < 1.29 is 9.53 Å². The maximum atomic E-state index is 13.2. The predicted molar refractivity (Wildman–Crippen MR) is 95.9 cm³/mol. The van der Waals surface area contributed by atoms with Crippen molar-refractivity contribution in [1.29, 1.82) is 0 Å². The Morgan fingerprint density at radius 3 is 2.44 bits per heavy atom. The maximum absolute atomic E-state index is 13.2. The lowest BCUT2D eigenvalue weighted by Crippen LogP contribution is -2.50. The molecule has 0 atom stereocenters. The van der Waals surface area contributed by atoms with Crippen molar-refractivity contribution in [2.75, 3.05) is 26.3 Å². The maximum Gasteiger partial charge on any atom is 0.254 e. The van der Waals surface area contributed by atoms with Gasteiger partial charge in [-0.1, -0.05) is 0 Å². The molecule has 5 nitrogen and oxygen atoms in total. The lowest BCUT2D eigenvalue weighted by atomic mass is 9.49. The van der Waals surface area contributed by atoms with E-state index in [2.05, 4.69) is 20.7 Å². The first kappa shape index (κ1) is 16.2. The zero-order valence-electron chi connectivity index (χ0n) is 14.7. The van der Waals surface area contributed by atoms with Gasteiger partial charge in [-0.05, 0) is 56.3 Å². The Balaban J connectivity index is 1.37. The van der Waals surface area contributed by atoms with Crippen LogP contribution >= 0.6 is 11.3 Å². The third-order valence-corrected chi connectivity index (χ3v) is 7.60. The van der Waals surface area contributed by atoms with Crippen LogP contribution in [0.3, 0.4) is 0 Å². The number of carbonyl (C=O) groups excluding carboxylic acids is 1. The topological polar surface area (TPSA) is 46.8 Å². The van der Waals surface area contributed by atoms with Gasteiger partial charge in [-0.15, -0.1) is 11.3 Å². The molecule has 0 N–H and O–H groups in total. The Hall–Kier alpha value is -0.980. The molecule has 4 aliphatic carbocycles. The summed E-state index contributed by atoms with van der Waals surface area (Å²) in [6, 6.07) is 0. The molecule has 4 bridgehead atoms. The van der Waals surface area contributed by atoms with E-state index in [1.807, 2.05) is 5.38 Å². The summed E-state index contributed by atoms with van der Waals surface area (Å²) in [5.41, 5.74) is -0.129. The number of hydrogen-bond acceptors (Lipinski definition) is 4. The monoisotopic (exact) mass is 361 g/mol. The van der Waals surface area contributed by atoms with Crippen molar-refractivity contribution in [1.82, 2.24) is 9.47 Å². The Morgan fingerprint density at radius 1 is 1.16 bits per heavy atom. The van der Waals surface area contributed by atoms with E-state index >= 15 is 0 Å². The Bertz CT molecular complexity index is 681. The number of hydrogen-bond donors (Lipinski definition) is 0. The van der Waals surface area contributed by atoms with E-state index in [0.29, 0.717) is 0 Å². The van der Waals surface area contributed by atoms with Crippen molar-refractivity contribution in [3.8, 4) is 0 Å². The van der Waals surface area contributed by atoms with Gasteiger partial charge in [-0.2, -0.15) is 4.99 Å². The molecule has 5 fully saturated rings. The fraction of sp³-hybridized carbons (Fsp3) is 0.789. The van der Waals surface area contributed by atoms with Gasteiger partial charge in [0.1, 0.15) is 0 Å². The van der Waals surface area contributed by atoms with E-state index in [9.17, 15) is 4.79 Å². The van der Waals surface area contributed by atoms with Crippen LogP contribution in [0.2, 0.25) is 0 Å². The van der Waals surface area contributed by atoms with Crippen LogP contribution < -0.4 is 4.80 Å². The minimum absolute atomic E-state index is 0.129. The van der Waals surface area contributed by atoms with Gasteiger partial charge >= 0.3 is 0 Å². The van der Waals surface area contributed by atoms with Gasteiger partial charge in [-0.25, -0.2) is 0 Å². The molecule has 0 spiro atoms. The van der Waals surface area contributed by atoms with Crippen LogP contribution in [0.1, 0.15) is 38.5 Å². The average molecular weight is 362 g/mol. The normalized spacial score (nSPS) is 38.4. The first-order chi connectivity index (χ1) is 12.2. The Morgan fingerprint density at radius 2 is 1.80 bits per heavy atom. The summed E-state index contributed by atoms with van der Waals surface area (Å²) in [6.45, 7) is 4.29. The van der Waals surface area contributed by atoms with E-state index in [0.717, 1.165) is 74.8 Å². The second kappa shape index (κ2) is 6.32. The van der Waals surface area contributed by atoms with Gasteiger partial charge < -0.3 is 9.30 Å². The first-order valence-corrected chi connectivity index (χ1v) is 10.6. The van der Waals surface area contributed by atoms with E-state index in [1.165, 1.54) is 19.3 Å². The van der Waals surface area contributed by atoms with Gasteiger partial charge in [-0.3, -0.25) is 9.69 Å². The summed E-state index contributed by atoms with van der Waals surface area (Å²) in [6.07, 6.45) is 9.43. The minimum atomic E-state index is -0.129. The summed E-state index contributed by atoms with van der Waals surface area (Å²) < 4.78 is 7.56. The van der Waals surface area contributed by atoms with Crippen LogP contribution in [0.15, 0.2) is 16.6 Å². The van der Waals surface area contributed by atoms with Crippen molar-refractivity contribution in [3.05, 3.63) is 16.4 Å². The van der Waals surface area contributed by atoms with Crippen molar-refractivity contribution in [3.63, 3.8) is 0 Å². The van der Waals surface area contributed by atoms with E-state index in [4.69, 9.17) is 4.74 Å². The number of morpholine rings is 1. The fourth-order valence-electron chi connectivity index (χ4n) is 6.03. The molecule has 4 saturated carbocycles. The molecule has 1 amide bonds. The summed E-state index contributed by atoms with van der Waals surface area (Å²) in [4.78, 5) is 21.1. The molecule has 0 aromatic carbocycles. The molecular formula is C19H27N3O2S. The SMILES string of the molecule is O=C(N=c1sccn1CN1CCOCC1)C12CC3CC(CC(C3)C1)C2. The van der Waals surface area contributed by atoms with E-state index in [1.54, 1.807) is 11.3 Å². The van der Waals surface area contributed by atoms with E-state index in [-0.39, 0.29) is 11.3 Å². The molecule has 6 heteroatoms. The van der Waals surface area contributed by atoms with Crippen LogP contribution in [0.5, 0.6) is 0 Å². The van der Waals surface area contributed by atoms with Gasteiger partial charge in [0.05, 0.1) is 25.3 Å². The van der Waals surface area contributed by atoms with Gasteiger partial charge in [0.2, 0.25) is 0 Å². The second-order valence-corrected chi connectivity index (χ2v) is 9.52. The largest absolute Gasteiger partial charge is 0.379 e. The molecule has 1 saturated heterocycles. The molecular weight excluding hydrogens is 334 g/mol. The highest BCUT2D eigenvalue weighted by Crippen LogP contribution is 2.60. The summed E-state index contributed by atoms with van der Waals surface area (Å²) >= 11 is 1.59. The summed E-state index contributed by atoms with van der Waals surface area (Å²) in [7, 11) is 0.